The van der Waals surface area contributed by atoms with E-state index in [-0.39, 0.29) is 11.8 Å². The van der Waals surface area contributed by atoms with Crippen molar-refractivity contribution < 1.29 is 14.1 Å². The first kappa shape index (κ1) is 14.9. The Morgan fingerprint density at radius 1 is 1.52 bits per heavy atom. The molecule has 8 nitrogen and oxygen atoms in total. The maximum Gasteiger partial charge on any atom is 0.234 e. The molecule has 0 radical (unpaired) electrons. The molecule has 8 heteroatoms. The summed E-state index contributed by atoms with van der Waals surface area (Å²) in [7, 11) is 1.60. The third-order valence-corrected chi connectivity index (χ3v) is 3.74. The fourth-order valence-corrected chi connectivity index (χ4v) is 2.58. The average Bonchev–Trinajstić information content (AvgIpc) is 3.19. The topological polar surface area (TPSA) is 104 Å². The molecule has 1 aliphatic rings. The van der Waals surface area contributed by atoms with Crippen LogP contribution in [0.3, 0.4) is 0 Å². The number of aromatic nitrogens is 1. The highest BCUT2D eigenvalue weighted by molar-refractivity contribution is 5.94. The highest BCUT2D eigenvalue weighted by atomic mass is 16.5. The molecule has 1 saturated heterocycles. The van der Waals surface area contributed by atoms with E-state index in [1.807, 2.05) is 24.3 Å². The molecule has 0 saturated carbocycles. The lowest BCUT2D eigenvalue weighted by Gasteiger charge is -2.10. The maximum atomic E-state index is 12.1. The summed E-state index contributed by atoms with van der Waals surface area (Å²) in [5.41, 5.74) is 9.84. The Kier molecular flexibility index (Phi) is 4.16. The van der Waals surface area contributed by atoms with E-state index < -0.39 is 0 Å². The van der Waals surface area contributed by atoms with Crippen LogP contribution in [0.15, 0.2) is 40.0 Å². The molecule has 1 unspecified atom stereocenters. The van der Waals surface area contributed by atoms with E-state index in [0.717, 1.165) is 11.3 Å². The third-order valence-electron chi connectivity index (χ3n) is 3.74. The highest BCUT2D eigenvalue weighted by Gasteiger charge is 2.32. The standard InChI is InChI=1S/C15H15N5O3/c1-22-12-4-2-3-11(6-12)13-7-15(23-18-13)20-9-10(5-14(20)21)8-17-19-16/h2-4,6-7,10H,5,8-9H2,1H3. The number of benzene rings is 1. The maximum absolute atomic E-state index is 12.1. The normalized spacial score (nSPS) is 17.2. The van der Waals surface area contributed by atoms with E-state index >= 15 is 0 Å². The lowest BCUT2D eigenvalue weighted by molar-refractivity contribution is -0.117. The van der Waals surface area contributed by atoms with Crippen molar-refractivity contribution in [3.63, 3.8) is 0 Å². The first-order chi connectivity index (χ1) is 11.2. The fourth-order valence-electron chi connectivity index (χ4n) is 2.58. The Morgan fingerprint density at radius 3 is 3.17 bits per heavy atom. The van der Waals surface area contributed by atoms with E-state index in [4.69, 9.17) is 14.8 Å². The molecular formula is C15H15N5O3. The molecular weight excluding hydrogens is 298 g/mol. The molecule has 1 aromatic carbocycles. The second-order valence-electron chi connectivity index (χ2n) is 5.27. The Hall–Kier alpha value is -2.99. The van der Waals surface area contributed by atoms with E-state index in [2.05, 4.69) is 15.2 Å². The van der Waals surface area contributed by atoms with Gasteiger partial charge < -0.3 is 9.26 Å². The van der Waals surface area contributed by atoms with Gasteiger partial charge in [0.2, 0.25) is 11.8 Å². The lowest BCUT2D eigenvalue weighted by atomic mass is 10.1. The minimum absolute atomic E-state index is 0.00349. The first-order valence-electron chi connectivity index (χ1n) is 7.13. The van der Waals surface area contributed by atoms with Crippen molar-refractivity contribution in [2.45, 2.75) is 6.42 Å². The number of carbonyl (C=O) groups is 1. The number of nitrogens with zero attached hydrogens (tertiary/aromatic N) is 5. The summed E-state index contributed by atoms with van der Waals surface area (Å²) in [5, 5.41) is 7.55. The van der Waals surface area contributed by atoms with Crippen LogP contribution < -0.4 is 9.64 Å². The van der Waals surface area contributed by atoms with E-state index in [1.165, 1.54) is 4.90 Å². The zero-order valence-corrected chi connectivity index (χ0v) is 12.5. The van der Waals surface area contributed by atoms with E-state index in [1.54, 1.807) is 13.2 Å². The van der Waals surface area contributed by atoms with Crippen LogP contribution in [0.1, 0.15) is 6.42 Å². The van der Waals surface area contributed by atoms with Crippen molar-refractivity contribution in [2.75, 3.05) is 25.1 Å². The Morgan fingerprint density at radius 2 is 2.39 bits per heavy atom. The Labute approximate surface area is 132 Å². The van der Waals surface area contributed by atoms with Crippen LogP contribution in [0.2, 0.25) is 0 Å². The van der Waals surface area contributed by atoms with Crippen molar-refractivity contribution in [3.8, 4) is 17.0 Å². The van der Waals surface area contributed by atoms with Gasteiger partial charge in [0.25, 0.3) is 0 Å². The minimum atomic E-state index is -0.0588. The van der Waals surface area contributed by atoms with Gasteiger partial charge in [-0.05, 0) is 23.6 Å². The smallest absolute Gasteiger partial charge is 0.234 e. The fraction of sp³-hybridized carbons (Fsp3) is 0.333. The second kappa shape index (κ2) is 6.41. The number of azide groups is 1. The number of amides is 1. The van der Waals surface area contributed by atoms with Crippen LogP contribution in [-0.4, -0.2) is 31.3 Å². The molecule has 0 N–H and O–H groups in total. The number of rotatable bonds is 5. The van der Waals surface area contributed by atoms with Gasteiger partial charge in [-0.15, -0.1) is 0 Å². The quantitative estimate of drug-likeness (QED) is 0.480. The molecule has 0 bridgehead atoms. The molecule has 23 heavy (non-hydrogen) atoms. The zero-order valence-electron chi connectivity index (χ0n) is 12.5. The van der Waals surface area contributed by atoms with Gasteiger partial charge in [-0.25, -0.2) is 0 Å². The van der Waals surface area contributed by atoms with Crippen LogP contribution in [0.4, 0.5) is 5.88 Å². The molecule has 2 aromatic rings. The minimum Gasteiger partial charge on any atom is -0.497 e. The van der Waals surface area contributed by atoms with Gasteiger partial charge in [0.15, 0.2) is 0 Å². The van der Waals surface area contributed by atoms with Crippen molar-refractivity contribution in [1.29, 1.82) is 0 Å². The molecule has 0 spiro atoms. The summed E-state index contributed by atoms with van der Waals surface area (Å²) < 4.78 is 10.5. The molecule has 1 aromatic heterocycles. The molecule has 0 aliphatic carbocycles. The Balaban J connectivity index is 1.79. The number of methoxy groups -OCH3 is 1. The van der Waals surface area contributed by atoms with E-state index in [9.17, 15) is 4.79 Å². The summed E-state index contributed by atoms with van der Waals surface area (Å²) in [6.45, 7) is 0.764. The van der Waals surface area contributed by atoms with Crippen molar-refractivity contribution in [3.05, 3.63) is 40.8 Å². The number of anilines is 1. The van der Waals surface area contributed by atoms with Gasteiger partial charge in [0, 0.05) is 36.1 Å². The molecule has 1 amide bonds. The molecule has 1 aliphatic heterocycles. The number of carbonyl (C=O) groups excluding carboxylic acids is 1. The summed E-state index contributed by atoms with van der Waals surface area (Å²) in [5.74, 6) is 1.07. The predicted molar refractivity (Wildman–Crippen MR) is 83.0 cm³/mol. The van der Waals surface area contributed by atoms with Gasteiger partial charge in [-0.3, -0.25) is 9.69 Å². The summed E-state index contributed by atoms with van der Waals surface area (Å²) in [6.07, 6.45) is 0.341. The monoisotopic (exact) mass is 313 g/mol. The number of hydrogen-bond donors (Lipinski definition) is 0. The first-order valence-corrected chi connectivity index (χ1v) is 7.13. The predicted octanol–water partition coefficient (Wildman–Crippen LogP) is 3.01. The van der Waals surface area contributed by atoms with Gasteiger partial charge >= 0.3 is 0 Å². The van der Waals surface area contributed by atoms with Crippen LogP contribution in [0.5, 0.6) is 5.75 Å². The van der Waals surface area contributed by atoms with E-state index in [0.29, 0.717) is 31.1 Å². The van der Waals surface area contributed by atoms with Crippen LogP contribution in [0.25, 0.3) is 21.7 Å². The summed E-state index contributed by atoms with van der Waals surface area (Å²) in [6, 6.07) is 9.16. The molecule has 118 valence electrons. The largest absolute Gasteiger partial charge is 0.497 e. The van der Waals surface area contributed by atoms with Crippen LogP contribution >= 0.6 is 0 Å². The number of ether oxygens (including phenoxy) is 1. The van der Waals surface area contributed by atoms with Gasteiger partial charge in [-0.2, -0.15) is 0 Å². The number of hydrogen-bond acceptors (Lipinski definition) is 5. The lowest BCUT2D eigenvalue weighted by Crippen LogP contribution is -2.24. The Bertz CT molecular complexity index is 766. The van der Waals surface area contributed by atoms with Gasteiger partial charge in [0.1, 0.15) is 11.4 Å². The van der Waals surface area contributed by atoms with Crippen molar-refractivity contribution >= 4 is 11.8 Å². The summed E-state index contributed by atoms with van der Waals surface area (Å²) in [4.78, 5) is 16.3. The SMILES string of the molecule is COc1cccc(-c2cc(N3CC(CN=[N+]=[N-])CC3=O)on2)c1. The van der Waals surface area contributed by atoms with Crippen LogP contribution in [0, 0.1) is 5.92 Å². The van der Waals surface area contributed by atoms with Crippen LogP contribution in [-0.2, 0) is 4.79 Å². The summed E-state index contributed by atoms with van der Waals surface area (Å²) >= 11 is 0. The molecule has 3 rings (SSSR count). The van der Waals surface area contributed by atoms with Gasteiger partial charge in [0.05, 0.1) is 7.11 Å². The zero-order chi connectivity index (χ0) is 16.2. The molecule has 2 heterocycles. The highest BCUT2D eigenvalue weighted by Crippen LogP contribution is 2.30. The molecule has 1 atom stereocenters. The molecule has 1 fully saturated rings. The van der Waals surface area contributed by atoms with Crippen molar-refractivity contribution in [2.24, 2.45) is 11.0 Å². The second-order valence-corrected chi connectivity index (χ2v) is 5.27. The third kappa shape index (κ3) is 3.12. The average molecular weight is 313 g/mol. The van der Waals surface area contributed by atoms with Crippen molar-refractivity contribution in [1.82, 2.24) is 5.16 Å². The van der Waals surface area contributed by atoms with Gasteiger partial charge in [-0.1, -0.05) is 22.4 Å².